The highest BCUT2D eigenvalue weighted by molar-refractivity contribution is 7.09. The standard InChI is InChI=1S/C13H19NO2S/c1-13(12(15)16)7-2-3-8-14(13)9-6-11-5-4-10-17-11/h4-5,10H,2-3,6-9H2,1H3,(H,15,16). The summed E-state index contributed by atoms with van der Waals surface area (Å²) in [6, 6.07) is 4.17. The summed E-state index contributed by atoms with van der Waals surface area (Å²) < 4.78 is 0. The Bertz CT molecular complexity index is 377. The van der Waals surface area contributed by atoms with Crippen molar-refractivity contribution in [3.63, 3.8) is 0 Å². The van der Waals surface area contributed by atoms with E-state index in [0.717, 1.165) is 38.8 Å². The lowest BCUT2D eigenvalue weighted by Gasteiger charge is -2.41. The third-order valence-corrected chi connectivity index (χ3v) is 4.64. The molecule has 1 fully saturated rings. The van der Waals surface area contributed by atoms with Crippen LogP contribution in [0.2, 0.25) is 0 Å². The van der Waals surface area contributed by atoms with Crippen LogP contribution in [0.4, 0.5) is 0 Å². The molecule has 1 atom stereocenters. The van der Waals surface area contributed by atoms with E-state index in [1.807, 2.05) is 13.0 Å². The molecule has 17 heavy (non-hydrogen) atoms. The fourth-order valence-corrected chi connectivity index (χ4v) is 3.18. The van der Waals surface area contributed by atoms with E-state index in [9.17, 15) is 9.90 Å². The largest absolute Gasteiger partial charge is 0.480 e. The zero-order valence-electron chi connectivity index (χ0n) is 10.2. The van der Waals surface area contributed by atoms with Crippen molar-refractivity contribution < 1.29 is 9.90 Å². The molecule has 0 radical (unpaired) electrons. The van der Waals surface area contributed by atoms with E-state index in [1.54, 1.807) is 11.3 Å². The first-order valence-electron chi connectivity index (χ1n) is 6.14. The second-order valence-corrected chi connectivity index (χ2v) is 5.88. The Morgan fingerprint density at radius 1 is 1.59 bits per heavy atom. The Morgan fingerprint density at radius 3 is 3.06 bits per heavy atom. The Labute approximate surface area is 106 Å². The van der Waals surface area contributed by atoms with E-state index in [2.05, 4.69) is 16.3 Å². The topological polar surface area (TPSA) is 40.5 Å². The molecule has 0 saturated carbocycles. The highest BCUT2D eigenvalue weighted by Gasteiger charge is 2.40. The Hall–Kier alpha value is -0.870. The van der Waals surface area contributed by atoms with Crippen molar-refractivity contribution in [2.75, 3.05) is 13.1 Å². The first kappa shape index (κ1) is 12.6. The lowest BCUT2D eigenvalue weighted by Crippen LogP contribution is -2.55. The molecule has 0 aliphatic carbocycles. The third kappa shape index (κ3) is 2.69. The van der Waals surface area contributed by atoms with E-state index in [1.165, 1.54) is 4.88 Å². The quantitative estimate of drug-likeness (QED) is 0.896. The summed E-state index contributed by atoms with van der Waals surface area (Å²) in [5, 5.41) is 11.5. The number of hydrogen-bond donors (Lipinski definition) is 1. The average Bonchev–Trinajstić information content (AvgIpc) is 2.81. The first-order valence-corrected chi connectivity index (χ1v) is 7.02. The van der Waals surface area contributed by atoms with Crippen LogP contribution in [0.25, 0.3) is 0 Å². The van der Waals surface area contributed by atoms with Crippen LogP contribution in [0.3, 0.4) is 0 Å². The SMILES string of the molecule is CC1(C(=O)O)CCCCN1CCc1cccs1. The smallest absolute Gasteiger partial charge is 0.323 e. The monoisotopic (exact) mass is 253 g/mol. The zero-order chi connectivity index (χ0) is 12.3. The molecule has 1 aliphatic rings. The zero-order valence-corrected chi connectivity index (χ0v) is 11.0. The van der Waals surface area contributed by atoms with Crippen molar-refractivity contribution in [1.29, 1.82) is 0 Å². The van der Waals surface area contributed by atoms with Crippen molar-refractivity contribution in [3.05, 3.63) is 22.4 Å². The van der Waals surface area contributed by atoms with E-state index < -0.39 is 11.5 Å². The molecule has 0 amide bonds. The van der Waals surface area contributed by atoms with Crippen LogP contribution in [-0.4, -0.2) is 34.6 Å². The molecule has 1 aliphatic heterocycles. The lowest BCUT2D eigenvalue weighted by atomic mass is 9.88. The predicted octanol–water partition coefficient (Wildman–Crippen LogP) is 2.62. The van der Waals surface area contributed by atoms with Crippen molar-refractivity contribution in [2.45, 2.75) is 38.1 Å². The number of carboxylic acids is 1. The minimum Gasteiger partial charge on any atom is -0.480 e. The Kier molecular flexibility index (Phi) is 3.84. The van der Waals surface area contributed by atoms with Gasteiger partial charge in [0.15, 0.2) is 0 Å². The van der Waals surface area contributed by atoms with E-state index in [0.29, 0.717) is 0 Å². The summed E-state index contributed by atoms with van der Waals surface area (Å²) in [6.45, 7) is 3.63. The highest BCUT2D eigenvalue weighted by atomic mass is 32.1. The maximum Gasteiger partial charge on any atom is 0.323 e. The van der Waals surface area contributed by atoms with Gasteiger partial charge in [-0.2, -0.15) is 0 Å². The van der Waals surface area contributed by atoms with Crippen LogP contribution in [0.15, 0.2) is 17.5 Å². The van der Waals surface area contributed by atoms with Gasteiger partial charge in [0.05, 0.1) is 0 Å². The van der Waals surface area contributed by atoms with Gasteiger partial charge < -0.3 is 5.11 Å². The molecule has 3 nitrogen and oxygen atoms in total. The van der Waals surface area contributed by atoms with Gasteiger partial charge in [-0.25, -0.2) is 0 Å². The number of carbonyl (C=O) groups is 1. The fourth-order valence-electron chi connectivity index (χ4n) is 2.48. The maximum atomic E-state index is 11.4. The Morgan fingerprint density at radius 2 is 2.41 bits per heavy atom. The summed E-state index contributed by atoms with van der Waals surface area (Å²) in [5.74, 6) is -0.677. The van der Waals surface area contributed by atoms with Crippen molar-refractivity contribution in [1.82, 2.24) is 4.90 Å². The summed E-state index contributed by atoms with van der Waals surface area (Å²) in [5.41, 5.74) is -0.657. The predicted molar refractivity (Wildman–Crippen MR) is 69.5 cm³/mol. The molecule has 1 aromatic heterocycles. The minimum absolute atomic E-state index is 0.657. The molecule has 94 valence electrons. The molecule has 1 unspecified atom stereocenters. The second-order valence-electron chi connectivity index (χ2n) is 4.85. The number of thiophene rings is 1. The molecule has 0 spiro atoms. The van der Waals surface area contributed by atoms with Gasteiger partial charge in [0.25, 0.3) is 0 Å². The average molecular weight is 253 g/mol. The summed E-state index contributed by atoms with van der Waals surface area (Å²) in [7, 11) is 0. The van der Waals surface area contributed by atoms with Gasteiger partial charge >= 0.3 is 5.97 Å². The summed E-state index contributed by atoms with van der Waals surface area (Å²) >= 11 is 1.75. The fraction of sp³-hybridized carbons (Fsp3) is 0.615. The molecular formula is C13H19NO2S. The normalized spacial score (nSPS) is 25.9. The number of rotatable bonds is 4. The molecule has 0 aromatic carbocycles. The molecule has 1 saturated heterocycles. The summed E-state index contributed by atoms with van der Waals surface area (Å²) in [6.07, 6.45) is 3.87. The molecule has 2 rings (SSSR count). The molecule has 1 aromatic rings. The molecular weight excluding hydrogens is 234 g/mol. The van der Waals surface area contributed by atoms with E-state index in [-0.39, 0.29) is 0 Å². The summed E-state index contributed by atoms with van der Waals surface area (Å²) in [4.78, 5) is 14.9. The van der Waals surface area contributed by atoms with Gasteiger partial charge in [-0.3, -0.25) is 9.69 Å². The number of likely N-dealkylation sites (tertiary alicyclic amines) is 1. The van der Waals surface area contributed by atoms with Gasteiger partial charge in [0.1, 0.15) is 5.54 Å². The second kappa shape index (κ2) is 5.19. The molecule has 2 heterocycles. The lowest BCUT2D eigenvalue weighted by molar-refractivity contribution is -0.152. The van der Waals surface area contributed by atoms with Crippen LogP contribution in [0, 0.1) is 0 Å². The van der Waals surface area contributed by atoms with Crippen LogP contribution in [-0.2, 0) is 11.2 Å². The number of hydrogen-bond acceptors (Lipinski definition) is 3. The highest BCUT2D eigenvalue weighted by Crippen LogP contribution is 2.28. The molecule has 4 heteroatoms. The van der Waals surface area contributed by atoms with Gasteiger partial charge in [0, 0.05) is 11.4 Å². The van der Waals surface area contributed by atoms with E-state index in [4.69, 9.17) is 0 Å². The van der Waals surface area contributed by atoms with Crippen molar-refractivity contribution in [3.8, 4) is 0 Å². The van der Waals surface area contributed by atoms with Crippen molar-refractivity contribution >= 4 is 17.3 Å². The van der Waals surface area contributed by atoms with Gasteiger partial charge in [-0.15, -0.1) is 11.3 Å². The van der Waals surface area contributed by atoms with Crippen LogP contribution in [0.5, 0.6) is 0 Å². The van der Waals surface area contributed by atoms with Crippen LogP contribution >= 0.6 is 11.3 Å². The third-order valence-electron chi connectivity index (χ3n) is 3.71. The maximum absolute atomic E-state index is 11.4. The van der Waals surface area contributed by atoms with Crippen molar-refractivity contribution in [2.24, 2.45) is 0 Å². The van der Waals surface area contributed by atoms with Crippen LogP contribution < -0.4 is 0 Å². The first-order chi connectivity index (χ1) is 8.13. The Balaban J connectivity index is 1.99. The number of piperidine rings is 1. The number of carboxylic acid groups (broad SMARTS) is 1. The molecule has 1 N–H and O–H groups in total. The van der Waals surface area contributed by atoms with Crippen LogP contribution in [0.1, 0.15) is 31.1 Å². The van der Waals surface area contributed by atoms with Gasteiger partial charge in [0.2, 0.25) is 0 Å². The molecule has 0 bridgehead atoms. The van der Waals surface area contributed by atoms with Gasteiger partial charge in [-0.1, -0.05) is 6.07 Å². The van der Waals surface area contributed by atoms with Gasteiger partial charge in [-0.05, 0) is 50.6 Å². The minimum atomic E-state index is -0.677. The number of nitrogens with zero attached hydrogens (tertiary/aromatic N) is 1. The number of aliphatic carboxylic acids is 1. The van der Waals surface area contributed by atoms with E-state index >= 15 is 0 Å².